The van der Waals surface area contributed by atoms with E-state index in [-0.39, 0.29) is 11.6 Å². The van der Waals surface area contributed by atoms with Crippen molar-refractivity contribution in [3.63, 3.8) is 0 Å². The quantitative estimate of drug-likeness (QED) is 0.620. The number of anilines is 2. The van der Waals surface area contributed by atoms with E-state index in [1.807, 2.05) is 25.1 Å². The first-order valence-corrected chi connectivity index (χ1v) is 9.21. The first-order valence-electron chi connectivity index (χ1n) is 8.83. The van der Waals surface area contributed by atoms with Gasteiger partial charge in [0.15, 0.2) is 0 Å². The van der Waals surface area contributed by atoms with Crippen molar-refractivity contribution in [2.24, 2.45) is 0 Å². The standard InChI is InChI=1S/C21H21ClN4O2/c1-14-12-18(20(27)25-17-13-16(22)8-9-19(17)28-2)26-21(24-14)23-11-10-15-6-4-3-5-7-15/h3-9,12-13H,10-11H2,1-2H3,(H,25,27)(H,23,24,26). The van der Waals surface area contributed by atoms with Crippen molar-refractivity contribution in [3.05, 3.63) is 76.6 Å². The molecule has 0 atom stereocenters. The van der Waals surface area contributed by atoms with Crippen LogP contribution in [0.5, 0.6) is 5.75 Å². The summed E-state index contributed by atoms with van der Waals surface area (Å²) in [7, 11) is 1.53. The molecule has 0 aliphatic heterocycles. The second-order valence-corrected chi connectivity index (χ2v) is 6.62. The summed E-state index contributed by atoms with van der Waals surface area (Å²) in [6.45, 7) is 2.48. The van der Waals surface area contributed by atoms with Gasteiger partial charge in [0.05, 0.1) is 12.8 Å². The van der Waals surface area contributed by atoms with Gasteiger partial charge in [-0.05, 0) is 43.2 Å². The summed E-state index contributed by atoms with van der Waals surface area (Å²) in [6.07, 6.45) is 0.833. The molecule has 2 aromatic carbocycles. The van der Waals surface area contributed by atoms with Crippen LogP contribution >= 0.6 is 11.6 Å². The van der Waals surface area contributed by atoms with Crippen LogP contribution in [0.15, 0.2) is 54.6 Å². The van der Waals surface area contributed by atoms with Crippen molar-refractivity contribution < 1.29 is 9.53 Å². The Morgan fingerprint density at radius 3 is 2.64 bits per heavy atom. The molecule has 0 saturated heterocycles. The zero-order valence-corrected chi connectivity index (χ0v) is 16.5. The van der Waals surface area contributed by atoms with E-state index in [4.69, 9.17) is 16.3 Å². The fraction of sp³-hybridized carbons (Fsp3) is 0.190. The van der Waals surface area contributed by atoms with Crippen LogP contribution in [0.1, 0.15) is 21.7 Å². The number of methoxy groups -OCH3 is 1. The molecule has 1 aromatic heterocycles. The van der Waals surface area contributed by atoms with Crippen LogP contribution in [0.3, 0.4) is 0 Å². The van der Waals surface area contributed by atoms with Crippen LogP contribution in [0.4, 0.5) is 11.6 Å². The molecule has 0 spiro atoms. The van der Waals surface area contributed by atoms with Gasteiger partial charge in [0, 0.05) is 17.3 Å². The van der Waals surface area contributed by atoms with Crippen LogP contribution < -0.4 is 15.4 Å². The summed E-state index contributed by atoms with van der Waals surface area (Å²) >= 11 is 6.02. The summed E-state index contributed by atoms with van der Waals surface area (Å²) in [4.78, 5) is 21.4. The van der Waals surface area contributed by atoms with E-state index >= 15 is 0 Å². The van der Waals surface area contributed by atoms with E-state index in [0.717, 1.165) is 6.42 Å². The van der Waals surface area contributed by atoms with E-state index in [2.05, 4.69) is 32.7 Å². The number of ether oxygens (including phenoxy) is 1. The van der Waals surface area contributed by atoms with Gasteiger partial charge in [-0.25, -0.2) is 9.97 Å². The number of benzene rings is 2. The maximum atomic E-state index is 12.7. The fourth-order valence-electron chi connectivity index (χ4n) is 2.69. The molecule has 144 valence electrons. The largest absolute Gasteiger partial charge is 0.495 e. The Kier molecular flexibility index (Phi) is 6.45. The Balaban J connectivity index is 1.70. The predicted molar refractivity (Wildman–Crippen MR) is 111 cm³/mol. The molecule has 6 nitrogen and oxygen atoms in total. The van der Waals surface area contributed by atoms with E-state index < -0.39 is 0 Å². The van der Waals surface area contributed by atoms with Gasteiger partial charge >= 0.3 is 0 Å². The highest BCUT2D eigenvalue weighted by Gasteiger charge is 2.14. The van der Waals surface area contributed by atoms with E-state index in [0.29, 0.717) is 34.6 Å². The molecule has 3 aromatic rings. The first kappa shape index (κ1) is 19.6. The van der Waals surface area contributed by atoms with Crippen molar-refractivity contribution >= 4 is 29.1 Å². The lowest BCUT2D eigenvalue weighted by molar-refractivity contribution is 0.102. The number of aromatic nitrogens is 2. The molecule has 3 rings (SSSR count). The van der Waals surface area contributed by atoms with Crippen molar-refractivity contribution in [1.82, 2.24) is 9.97 Å². The fourth-order valence-corrected chi connectivity index (χ4v) is 2.86. The zero-order valence-electron chi connectivity index (χ0n) is 15.7. The van der Waals surface area contributed by atoms with Crippen molar-refractivity contribution in [2.45, 2.75) is 13.3 Å². The number of halogens is 1. The Labute approximate surface area is 168 Å². The second-order valence-electron chi connectivity index (χ2n) is 6.18. The molecule has 0 unspecified atom stereocenters. The summed E-state index contributed by atoms with van der Waals surface area (Å²) in [5, 5.41) is 6.46. The molecule has 7 heteroatoms. The number of carbonyl (C=O) groups is 1. The van der Waals surface area contributed by atoms with Gasteiger partial charge in [0.1, 0.15) is 11.4 Å². The minimum absolute atomic E-state index is 0.261. The Morgan fingerprint density at radius 2 is 1.89 bits per heavy atom. The maximum absolute atomic E-state index is 12.7. The molecule has 0 aliphatic rings. The van der Waals surface area contributed by atoms with E-state index in [9.17, 15) is 4.79 Å². The van der Waals surface area contributed by atoms with E-state index in [1.54, 1.807) is 24.3 Å². The zero-order chi connectivity index (χ0) is 19.9. The number of rotatable bonds is 7. The minimum Gasteiger partial charge on any atom is -0.495 e. The number of hydrogen-bond acceptors (Lipinski definition) is 5. The van der Waals surface area contributed by atoms with Crippen LogP contribution in [0.2, 0.25) is 5.02 Å². The van der Waals surface area contributed by atoms with Crippen LogP contribution in [-0.2, 0) is 6.42 Å². The third-order valence-electron chi connectivity index (χ3n) is 4.04. The number of aryl methyl sites for hydroxylation is 1. The van der Waals surface area contributed by atoms with Gasteiger partial charge in [0.2, 0.25) is 5.95 Å². The highest BCUT2D eigenvalue weighted by Crippen LogP contribution is 2.28. The highest BCUT2D eigenvalue weighted by molar-refractivity contribution is 6.31. The summed E-state index contributed by atoms with van der Waals surface area (Å²) in [6, 6.07) is 16.8. The SMILES string of the molecule is COc1ccc(Cl)cc1NC(=O)c1cc(C)nc(NCCc2ccccc2)n1. The number of nitrogens with one attached hydrogen (secondary N) is 2. The molecule has 1 amide bonds. The number of carbonyl (C=O) groups excluding carboxylic acids is 1. The third kappa shape index (κ3) is 5.20. The second kappa shape index (κ2) is 9.19. The molecule has 0 fully saturated rings. The Hall–Kier alpha value is -3.12. The van der Waals surface area contributed by atoms with Gasteiger partial charge in [0.25, 0.3) is 5.91 Å². The lowest BCUT2D eigenvalue weighted by Gasteiger charge is -2.11. The number of nitrogens with zero attached hydrogens (tertiary/aromatic N) is 2. The van der Waals surface area contributed by atoms with Gasteiger partial charge in [-0.3, -0.25) is 4.79 Å². The average molecular weight is 397 g/mol. The number of amides is 1. The van der Waals surface area contributed by atoms with Crippen molar-refractivity contribution in [2.75, 3.05) is 24.3 Å². The first-order chi connectivity index (χ1) is 13.5. The normalized spacial score (nSPS) is 10.4. The monoisotopic (exact) mass is 396 g/mol. The molecule has 0 bridgehead atoms. The molecule has 2 N–H and O–H groups in total. The Morgan fingerprint density at radius 1 is 1.11 bits per heavy atom. The third-order valence-corrected chi connectivity index (χ3v) is 4.27. The lowest BCUT2D eigenvalue weighted by atomic mass is 10.1. The lowest BCUT2D eigenvalue weighted by Crippen LogP contribution is -2.17. The predicted octanol–water partition coefficient (Wildman–Crippen LogP) is 4.35. The van der Waals surface area contributed by atoms with Crippen molar-refractivity contribution in [3.8, 4) is 5.75 Å². The van der Waals surface area contributed by atoms with Crippen LogP contribution in [-0.4, -0.2) is 29.5 Å². The van der Waals surface area contributed by atoms with Crippen LogP contribution in [0.25, 0.3) is 0 Å². The smallest absolute Gasteiger partial charge is 0.274 e. The molecular weight excluding hydrogens is 376 g/mol. The summed E-state index contributed by atoms with van der Waals surface area (Å²) < 4.78 is 5.26. The molecule has 1 heterocycles. The molecule has 0 saturated carbocycles. The minimum atomic E-state index is -0.364. The van der Waals surface area contributed by atoms with Gasteiger partial charge < -0.3 is 15.4 Å². The van der Waals surface area contributed by atoms with Crippen molar-refractivity contribution in [1.29, 1.82) is 0 Å². The molecule has 0 aliphatic carbocycles. The topological polar surface area (TPSA) is 76.1 Å². The molecule has 0 radical (unpaired) electrons. The summed E-state index contributed by atoms with van der Waals surface area (Å²) in [5.41, 5.74) is 2.65. The van der Waals surface area contributed by atoms with Gasteiger partial charge in [-0.2, -0.15) is 0 Å². The van der Waals surface area contributed by atoms with E-state index in [1.165, 1.54) is 12.7 Å². The highest BCUT2D eigenvalue weighted by atomic mass is 35.5. The molecular formula is C21H21ClN4O2. The average Bonchev–Trinajstić information content (AvgIpc) is 2.68. The van der Waals surface area contributed by atoms with Crippen LogP contribution in [0, 0.1) is 6.92 Å². The number of hydrogen-bond donors (Lipinski definition) is 2. The summed E-state index contributed by atoms with van der Waals surface area (Å²) in [5.74, 6) is 0.570. The Bertz CT molecular complexity index is 964. The van der Waals surface area contributed by atoms with Gasteiger partial charge in [-0.1, -0.05) is 41.9 Å². The molecule has 28 heavy (non-hydrogen) atoms. The van der Waals surface area contributed by atoms with Gasteiger partial charge in [-0.15, -0.1) is 0 Å². The maximum Gasteiger partial charge on any atom is 0.274 e.